The molecular weight excluding hydrogens is 316 g/mol. The Labute approximate surface area is 148 Å². The SMILES string of the molecule is CC(CNC(=O)NCc1ccccc1Cn1cncn1)N(C)C1CC1. The first kappa shape index (κ1) is 17.4. The van der Waals surface area contributed by atoms with E-state index in [4.69, 9.17) is 0 Å². The van der Waals surface area contributed by atoms with Gasteiger partial charge in [-0.2, -0.15) is 5.10 Å². The van der Waals surface area contributed by atoms with Gasteiger partial charge in [0.1, 0.15) is 12.7 Å². The topological polar surface area (TPSA) is 75.1 Å². The van der Waals surface area contributed by atoms with Crippen LogP contribution in [0.2, 0.25) is 0 Å². The Morgan fingerprint density at radius 3 is 2.76 bits per heavy atom. The number of likely N-dealkylation sites (N-methyl/N-ethyl adjacent to an activating group) is 1. The molecule has 1 aromatic heterocycles. The molecule has 7 heteroatoms. The molecule has 0 radical (unpaired) electrons. The summed E-state index contributed by atoms with van der Waals surface area (Å²) in [5.41, 5.74) is 2.20. The monoisotopic (exact) mass is 342 g/mol. The van der Waals surface area contributed by atoms with E-state index in [-0.39, 0.29) is 6.03 Å². The Kier molecular flexibility index (Phi) is 5.65. The van der Waals surface area contributed by atoms with Gasteiger partial charge in [0.15, 0.2) is 0 Å². The highest BCUT2D eigenvalue weighted by Crippen LogP contribution is 2.26. The molecule has 1 fully saturated rings. The van der Waals surface area contributed by atoms with Crippen LogP contribution in [0.4, 0.5) is 4.79 Å². The van der Waals surface area contributed by atoms with E-state index in [0.717, 1.165) is 11.1 Å². The van der Waals surface area contributed by atoms with E-state index >= 15 is 0 Å². The summed E-state index contributed by atoms with van der Waals surface area (Å²) in [6, 6.07) is 8.95. The van der Waals surface area contributed by atoms with Crippen molar-refractivity contribution in [1.82, 2.24) is 30.3 Å². The quantitative estimate of drug-likeness (QED) is 0.764. The fourth-order valence-corrected chi connectivity index (χ4v) is 2.84. The zero-order chi connectivity index (χ0) is 17.6. The first-order valence-corrected chi connectivity index (χ1v) is 8.76. The Morgan fingerprint density at radius 1 is 1.32 bits per heavy atom. The lowest BCUT2D eigenvalue weighted by molar-refractivity contribution is 0.222. The maximum atomic E-state index is 12.1. The van der Waals surface area contributed by atoms with Crippen molar-refractivity contribution >= 4 is 6.03 Å². The lowest BCUT2D eigenvalue weighted by atomic mass is 10.1. The summed E-state index contributed by atoms with van der Waals surface area (Å²) in [6.45, 7) is 3.93. The molecule has 0 spiro atoms. The zero-order valence-corrected chi connectivity index (χ0v) is 14.9. The number of amides is 2. The number of aromatic nitrogens is 3. The lowest BCUT2D eigenvalue weighted by Crippen LogP contribution is -2.44. The van der Waals surface area contributed by atoms with Gasteiger partial charge < -0.3 is 10.6 Å². The molecule has 2 amide bonds. The smallest absolute Gasteiger partial charge is 0.315 e. The van der Waals surface area contributed by atoms with E-state index in [1.165, 1.54) is 19.2 Å². The van der Waals surface area contributed by atoms with Crippen LogP contribution in [-0.4, -0.2) is 51.4 Å². The van der Waals surface area contributed by atoms with Crippen LogP contribution < -0.4 is 10.6 Å². The van der Waals surface area contributed by atoms with Gasteiger partial charge in [-0.1, -0.05) is 24.3 Å². The number of nitrogens with one attached hydrogen (secondary N) is 2. The van der Waals surface area contributed by atoms with Crippen molar-refractivity contribution in [1.29, 1.82) is 0 Å². The number of carbonyl (C=O) groups excluding carboxylic acids is 1. The largest absolute Gasteiger partial charge is 0.337 e. The third-order valence-electron chi connectivity index (χ3n) is 4.73. The standard InChI is InChI=1S/C18H26N6O/c1-14(23(2)17-7-8-17)9-20-18(25)21-10-15-5-3-4-6-16(15)11-24-13-19-12-22-24/h3-6,12-14,17H,7-11H2,1-2H3,(H2,20,21,25). The molecule has 2 aromatic rings. The van der Waals surface area contributed by atoms with Crippen LogP contribution in [0.5, 0.6) is 0 Å². The van der Waals surface area contributed by atoms with Crippen LogP contribution in [0.1, 0.15) is 30.9 Å². The molecule has 7 nitrogen and oxygen atoms in total. The van der Waals surface area contributed by atoms with Gasteiger partial charge in [0.25, 0.3) is 0 Å². The van der Waals surface area contributed by atoms with Crippen LogP contribution in [0.25, 0.3) is 0 Å². The molecule has 2 N–H and O–H groups in total. The average Bonchev–Trinajstić information content (AvgIpc) is 3.35. The minimum atomic E-state index is -0.133. The summed E-state index contributed by atoms with van der Waals surface area (Å²) in [5.74, 6) is 0. The molecule has 1 aliphatic carbocycles. The Hall–Kier alpha value is -2.41. The predicted molar refractivity (Wildman–Crippen MR) is 96.1 cm³/mol. The summed E-state index contributed by atoms with van der Waals surface area (Å²) in [4.78, 5) is 18.4. The molecule has 1 atom stereocenters. The van der Waals surface area contributed by atoms with Gasteiger partial charge >= 0.3 is 6.03 Å². The van der Waals surface area contributed by atoms with Crippen molar-refractivity contribution in [2.75, 3.05) is 13.6 Å². The van der Waals surface area contributed by atoms with E-state index in [0.29, 0.717) is 31.7 Å². The molecule has 25 heavy (non-hydrogen) atoms. The number of urea groups is 1. The van der Waals surface area contributed by atoms with E-state index < -0.39 is 0 Å². The van der Waals surface area contributed by atoms with Crippen molar-refractivity contribution in [3.63, 3.8) is 0 Å². The van der Waals surface area contributed by atoms with Gasteiger partial charge in [0, 0.05) is 25.2 Å². The third kappa shape index (κ3) is 5.03. The number of carbonyl (C=O) groups is 1. The van der Waals surface area contributed by atoms with Gasteiger partial charge in [0.05, 0.1) is 6.54 Å². The van der Waals surface area contributed by atoms with Gasteiger partial charge in [-0.3, -0.25) is 4.90 Å². The number of nitrogens with zero attached hydrogens (tertiary/aromatic N) is 4. The fraction of sp³-hybridized carbons (Fsp3) is 0.500. The van der Waals surface area contributed by atoms with Crippen LogP contribution in [-0.2, 0) is 13.1 Å². The van der Waals surface area contributed by atoms with Crippen molar-refractivity contribution in [3.05, 3.63) is 48.0 Å². The Morgan fingerprint density at radius 2 is 2.08 bits per heavy atom. The highest BCUT2D eigenvalue weighted by Gasteiger charge is 2.29. The number of hydrogen-bond donors (Lipinski definition) is 2. The maximum Gasteiger partial charge on any atom is 0.315 e. The first-order valence-electron chi connectivity index (χ1n) is 8.76. The third-order valence-corrected chi connectivity index (χ3v) is 4.73. The van der Waals surface area contributed by atoms with Crippen LogP contribution in [0.15, 0.2) is 36.9 Å². The highest BCUT2D eigenvalue weighted by atomic mass is 16.2. The molecule has 1 saturated carbocycles. The van der Waals surface area contributed by atoms with Crippen LogP contribution >= 0.6 is 0 Å². The van der Waals surface area contributed by atoms with E-state index in [2.05, 4.69) is 39.6 Å². The molecule has 0 aliphatic heterocycles. The maximum absolute atomic E-state index is 12.1. The van der Waals surface area contributed by atoms with Crippen molar-refractivity contribution in [3.8, 4) is 0 Å². The summed E-state index contributed by atoms with van der Waals surface area (Å²) < 4.78 is 1.77. The molecule has 1 heterocycles. The van der Waals surface area contributed by atoms with E-state index in [9.17, 15) is 4.79 Å². The molecule has 1 aromatic carbocycles. The summed E-state index contributed by atoms with van der Waals surface area (Å²) >= 11 is 0. The van der Waals surface area contributed by atoms with Gasteiger partial charge in [-0.25, -0.2) is 14.5 Å². The number of hydrogen-bond acceptors (Lipinski definition) is 4. The van der Waals surface area contributed by atoms with Crippen molar-refractivity contribution < 1.29 is 4.79 Å². The Balaban J connectivity index is 1.47. The summed E-state index contributed by atoms with van der Waals surface area (Å²) in [7, 11) is 2.13. The van der Waals surface area contributed by atoms with E-state index in [1.54, 1.807) is 11.0 Å². The molecule has 0 bridgehead atoms. The average molecular weight is 342 g/mol. The van der Waals surface area contributed by atoms with Gasteiger partial charge in [-0.15, -0.1) is 0 Å². The van der Waals surface area contributed by atoms with E-state index in [1.807, 2.05) is 24.3 Å². The summed E-state index contributed by atoms with van der Waals surface area (Å²) in [5, 5.41) is 10.0. The first-order chi connectivity index (χ1) is 12.1. The molecule has 1 aliphatic rings. The van der Waals surface area contributed by atoms with Gasteiger partial charge in [0.2, 0.25) is 0 Å². The predicted octanol–water partition coefficient (Wildman–Crippen LogP) is 1.61. The second-order valence-electron chi connectivity index (χ2n) is 6.67. The Bertz CT molecular complexity index is 683. The second kappa shape index (κ2) is 8.11. The minimum Gasteiger partial charge on any atom is -0.337 e. The van der Waals surface area contributed by atoms with Crippen molar-refractivity contribution in [2.24, 2.45) is 0 Å². The second-order valence-corrected chi connectivity index (χ2v) is 6.67. The normalized spacial score (nSPS) is 15.2. The fourth-order valence-electron chi connectivity index (χ4n) is 2.84. The molecule has 3 rings (SSSR count). The minimum absolute atomic E-state index is 0.133. The molecular formula is C18H26N6O. The van der Waals surface area contributed by atoms with Crippen molar-refractivity contribution in [2.45, 2.75) is 44.9 Å². The zero-order valence-electron chi connectivity index (χ0n) is 14.9. The lowest BCUT2D eigenvalue weighted by Gasteiger charge is -2.24. The molecule has 0 saturated heterocycles. The van der Waals surface area contributed by atoms with Crippen LogP contribution in [0.3, 0.4) is 0 Å². The highest BCUT2D eigenvalue weighted by molar-refractivity contribution is 5.73. The van der Waals surface area contributed by atoms with Crippen LogP contribution in [0, 0.1) is 0 Å². The summed E-state index contributed by atoms with van der Waals surface area (Å²) in [6.07, 6.45) is 5.76. The molecule has 1 unspecified atom stereocenters. The number of rotatable bonds is 8. The van der Waals surface area contributed by atoms with Gasteiger partial charge in [-0.05, 0) is 37.9 Å². The number of benzene rings is 1. The molecule has 134 valence electrons.